The lowest BCUT2D eigenvalue weighted by atomic mass is 10.0. The van der Waals surface area contributed by atoms with Crippen LogP contribution in [0.3, 0.4) is 0 Å². The summed E-state index contributed by atoms with van der Waals surface area (Å²) < 4.78 is 16.9. The standard InChI is InChI=1S/C73H122O6/c1-4-7-10-13-16-19-22-25-27-29-31-33-34-35-36-37-38-40-41-43-45-48-51-54-57-60-63-66-72(75)78-69-70(68-77-71(74)65-62-59-56-53-50-47-24-21-18-15-12-9-6-3)79-73(76)67-64-61-58-55-52-49-46-44-42-39-32-30-28-26-23-20-17-14-11-8-5-2/h8,11,17,20-22,24-26,28-29,31-32,34-35,39,44,46,52,55,70H,4-7,9-10,12-16,18-19,23,27,30,33,36-38,40-43,45,47-51,53-54,56-69H2,1-3H3/b11-8-,20-17-,24-21-,25-22-,28-26-,31-29-,35-34-,39-32-,46-44-,55-52-. The lowest BCUT2D eigenvalue weighted by Crippen LogP contribution is -2.30. The van der Waals surface area contributed by atoms with Gasteiger partial charge in [-0.3, -0.25) is 14.4 Å². The normalized spacial score (nSPS) is 12.9. The van der Waals surface area contributed by atoms with Crippen molar-refractivity contribution in [1.82, 2.24) is 0 Å². The molecule has 1 unspecified atom stereocenters. The fraction of sp³-hybridized carbons (Fsp3) is 0.685. The smallest absolute Gasteiger partial charge is 0.306 e. The molecule has 1 atom stereocenters. The van der Waals surface area contributed by atoms with Gasteiger partial charge in [0.15, 0.2) is 6.10 Å². The summed E-state index contributed by atoms with van der Waals surface area (Å²) in [7, 11) is 0. The Balaban J connectivity index is 4.38. The molecule has 0 heterocycles. The molecule has 0 N–H and O–H groups in total. The number of hydrogen-bond acceptors (Lipinski definition) is 6. The van der Waals surface area contributed by atoms with Crippen LogP contribution in [0.2, 0.25) is 0 Å². The van der Waals surface area contributed by atoms with Gasteiger partial charge in [0, 0.05) is 19.3 Å². The Hall–Kier alpha value is -4.19. The summed E-state index contributed by atoms with van der Waals surface area (Å²) in [6.07, 6.45) is 92.1. The molecule has 0 amide bonds. The second-order valence-corrected chi connectivity index (χ2v) is 21.6. The van der Waals surface area contributed by atoms with E-state index < -0.39 is 6.10 Å². The number of hydrogen-bond donors (Lipinski definition) is 0. The quantitative estimate of drug-likeness (QED) is 0.0261. The SMILES string of the molecule is CC/C=C\C/C=C\C/C=C\C/C=C\C/C=C\C/C=C\CCCCC(=O)OC(COC(=O)CCCCCCC/C=C\CCCCCC)COC(=O)CCCCCCCCCCCCCC/C=C\C/C=C\C/C=C\CCCCCCC. The molecule has 6 nitrogen and oxygen atoms in total. The maximum atomic E-state index is 12.9. The largest absolute Gasteiger partial charge is 0.462 e. The van der Waals surface area contributed by atoms with Gasteiger partial charge in [-0.2, -0.15) is 0 Å². The molecule has 0 fully saturated rings. The molecule has 0 saturated carbocycles. The first-order chi connectivity index (χ1) is 39.0. The van der Waals surface area contributed by atoms with Gasteiger partial charge in [0.2, 0.25) is 0 Å². The van der Waals surface area contributed by atoms with Crippen molar-refractivity contribution in [2.45, 2.75) is 309 Å². The molecule has 0 aromatic heterocycles. The van der Waals surface area contributed by atoms with E-state index in [2.05, 4.69) is 142 Å². The number of carbonyl (C=O) groups is 3. The molecule has 6 heteroatoms. The minimum Gasteiger partial charge on any atom is -0.462 e. The summed E-state index contributed by atoms with van der Waals surface area (Å²) in [6.45, 7) is 6.47. The predicted octanol–water partition coefficient (Wildman–Crippen LogP) is 22.8. The Labute approximate surface area is 488 Å². The first-order valence-corrected chi connectivity index (χ1v) is 33.0. The van der Waals surface area contributed by atoms with Crippen LogP contribution in [0.5, 0.6) is 0 Å². The molecule has 0 radical (unpaired) electrons. The van der Waals surface area contributed by atoms with Gasteiger partial charge in [-0.05, 0) is 135 Å². The molecule has 0 aromatic rings. The summed E-state index contributed by atoms with van der Waals surface area (Å²) >= 11 is 0. The Morgan fingerprint density at radius 2 is 0.494 bits per heavy atom. The first kappa shape index (κ1) is 74.8. The van der Waals surface area contributed by atoms with Crippen molar-refractivity contribution in [1.29, 1.82) is 0 Å². The summed E-state index contributed by atoms with van der Waals surface area (Å²) in [5.41, 5.74) is 0. The molecule has 0 rings (SSSR count). The number of ether oxygens (including phenoxy) is 3. The van der Waals surface area contributed by atoms with E-state index in [1.807, 2.05) is 0 Å². The Morgan fingerprint density at radius 3 is 0.823 bits per heavy atom. The molecule has 0 saturated heterocycles. The van der Waals surface area contributed by atoms with E-state index in [4.69, 9.17) is 14.2 Å². The zero-order chi connectivity index (χ0) is 57.1. The average molecular weight is 1100 g/mol. The number of esters is 3. The van der Waals surface area contributed by atoms with Crippen LogP contribution in [0.15, 0.2) is 122 Å². The lowest BCUT2D eigenvalue weighted by molar-refractivity contribution is -0.167. The third-order valence-electron chi connectivity index (χ3n) is 13.9. The van der Waals surface area contributed by atoms with Gasteiger partial charge in [-0.25, -0.2) is 0 Å². The van der Waals surface area contributed by atoms with Crippen LogP contribution < -0.4 is 0 Å². The highest BCUT2D eigenvalue weighted by Crippen LogP contribution is 2.15. The molecule has 0 bridgehead atoms. The van der Waals surface area contributed by atoms with Crippen LogP contribution in [-0.2, 0) is 28.6 Å². The van der Waals surface area contributed by atoms with Gasteiger partial charge in [0.1, 0.15) is 13.2 Å². The summed E-state index contributed by atoms with van der Waals surface area (Å²) in [4.78, 5) is 38.3. The van der Waals surface area contributed by atoms with Crippen molar-refractivity contribution in [2.75, 3.05) is 13.2 Å². The topological polar surface area (TPSA) is 78.9 Å². The number of carbonyl (C=O) groups excluding carboxylic acids is 3. The van der Waals surface area contributed by atoms with Crippen molar-refractivity contribution < 1.29 is 28.6 Å². The fourth-order valence-corrected chi connectivity index (χ4v) is 8.98. The van der Waals surface area contributed by atoms with Crippen LogP contribution in [0.4, 0.5) is 0 Å². The highest BCUT2D eigenvalue weighted by Gasteiger charge is 2.19. The highest BCUT2D eigenvalue weighted by atomic mass is 16.6. The van der Waals surface area contributed by atoms with E-state index in [1.54, 1.807) is 0 Å². The zero-order valence-corrected chi connectivity index (χ0v) is 51.6. The molecule has 0 aliphatic rings. The number of allylic oxidation sites excluding steroid dienone is 20. The van der Waals surface area contributed by atoms with Gasteiger partial charge < -0.3 is 14.2 Å². The second kappa shape index (κ2) is 66.3. The molecule has 0 aromatic carbocycles. The van der Waals surface area contributed by atoms with Gasteiger partial charge in [0.05, 0.1) is 0 Å². The lowest BCUT2D eigenvalue weighted by Gasteiger charge is -2.18. The second-order valence-electron chi connectivity index (χ2n) is 21.6. The summed E-state index contributed by atoms with van der Waals surface area (Å²) in [5, 5.41) is 0. The molecule has 79 heavy (non-hydrogen) atoms. The molecular weight excluding hydrogens is 973 g/mol. The maximum Gasteiger partial charge on any atom is 0.306 e. The van der Waals surface area contributed by atoms with Crippen molar-refractivity contribution >= 4 is 17.9 Å². The van der Waals surface area contributed by atoms with Crippen molar-refractivity contribution in [3.63, 3.8) is 0 Å². The van der Waals surface area contributed by atoms with Crippen molar-refractivity contribution in [3.8, 4) is 0 Å². The van der Waals surface area contributed by atoms with Crippen LogP contribution >= 0.6 is 0 Å². The number of unbranched alkanes of at least 4 members (excludes halogenated alkanes) is 28. The van der Waals surface area contributed by atoms with E-state index in [0.29, 0.717) is 19.3 Å². The first-order valence-electron chi connectivity index (χ1n) is 33.0. The minimum absolute atomic E-state index is 0.101. The Bertz CT molecular complexity index is 1640. The average Bonchev–Trinajstić information content (AvgIpc) is 3.45. The van der Waals surface area contributed by atoms with Gasteiger partial charge >= 0.3 is 17.9 Å². The molecule has 0 aliphatic carbocycles. The van der Waals surface area contributed by atoms with Crippen LogP contribution in [0.25, 0.3) is 0 Å². The van der Waals surface area contributed by atoms with Crippen molar-refractivity contribution in [2.24, 2.45) is 0 Å². The van der Waals surface area contributed by atoms with Crippen LogP contribution in [0.1, 0.15) is 303 Å². The molecular formula is C73H122O6. The Morgan fingerprint density at radius 1 is 0.266 bits per heavy atom. The third kappa shape index (κ3) is 64.5. The van der Waals surface area contributed by atoms with Crippen LogP contribution in [-0.4, -0.2) is 37.2 Å². The minimum atomic E-state index is -0.810. The van der Waals surface area contributed by atoms with E-state index in [0.717, 1.165) is 116 Å². The van der Waals surface area contributed by atoms with E-state index in [-0.39, 0.29) is 37.5 Å². The van der Waals surface area contributed by atoms with Gasteiger partial charge in [-0.1, -0.05) is 271 Å². The van der Waals surface area contributed by atoms with E-state index in [1.165, 1.54) is 141 Å². The maximum absolute atomic E-state index is 12.9. The van der Waals surface area contributed by atoms with E-state index >= 15 is 0 Å². The third-order valence-corrected chi connectivity index (χ3v) is 13.9. The molecule has 0 spiro atoms. The van der Waals surface area contributed by atoms with Gasteiger partial charge in [0.25, 0.3) is 0 Å². The van der Waals surface area contributed by atoms with Crippen LogP contribution in [0, 0.1) is 0 Å². The van der Waals surface area contributed by atoms with Gasteiger partial charge in [-0.15, -0.1) is 0 Å². The van der Waals surface area contributed by atoms with E-state index in [9.17, 15) is 14.4 Å². The zero-order valence-electron chi connectivity index (χ0n) is 51.6. The Kier molecular flexibility index (Phi) is 62.8. The predicted molar refractivity (Wildman–Crippen MR) is 343 cm³/mol. The number of rotatable bonds is 59. The fourth-order valence-electron chi connectivity index (χ4n) is 8.98. The monoisotopic (exact) mass is 1090 g/mol. The molecule has 0 aliphatic heterocycles. The summed E-state index contributed by atoms with van der Waals surface area (Å²) in [5.74, 6) is -0.951. The highest BCUT2D eigenvalue weighted by molar-refractivity contribution is 5.71. The molecule has 450 valence electrons. The summed E-state index contributed by atoms with van der Waals surface area (Å²) in [6, 6.07) is 0. The van der Waals surface area contributed by atoms with Crippen molar-refractivity contribution in [3.05, 3.63) is 122 Å².